The molecule has 0 fully saturated rings. The van der Waals surface area contributed by atoms with Crippen LogP contribution in [0, 0.1) is 0 Å². The Morgan fingerprint density at radius 2 is 2.24 bits per heavy atom. The minimum Gasteiger partial charge on any atom is -0.338 e. The van der Waals surface area contributed by atoms with Crippen molar-refractivity contribution < 1.29 is 0 Å². The number of aromatic nitrogens is 4. The Morgan fingerprint density at radius 3 is 2.82 bits per heavy atom. The average Bonchev–Trinajstić information content (AvgIpc) is 2.87. The number of hydrogen-bond donors (Lipinski definition) is 1. The van der Waals surface area contributed by atoms with Crippen molar-refractivity contribution >= 4 is 11.5 Å². The number of imidazole rings is 1. The van der Waals surface area contributed by atoms with E-state index >= 15 is 0 Å². The van der Waals surface area contributed by atoms with Crippen molar-refractivity contribution in [2.24, 2.45) is 12.8 Å². The van der Waals surface area contributed by atoms with E-state index in [-0.39, 0.29) is 6.04 Å². The van der Waals surface area contributed by atoms with Crippen molar-refractivity contribution in [3.05, 3.63) is 28.8 Å². The molecule has 0 spiro atoms. The van der Waals surface area contributed by atoms with E-state index in [2.05, 4.69) is 28.4 Å². The maximum atomic E-state index is 6.22. The summed E-state index contributed by atoms with van der Waals surface area (Å²) in [6.07, 6.45) is 4.43. The van der Waals surface area contributed by atoms with Crippen LogP contribution in [-0.4, -0.2) is 19.1 Å². The second-order valence-corrected chi connectivity index (χ2v) is 5.23. The largest absolute Gasteiger partial charge is 0.338 e. The molecule has 92 valence electrons. The van der Waals surface area contributed by atoms with E-state index in [4.69, 9.17) is 5.73 Å². The smallest absolute Gasteiger partial charge is 0.110 e. The average molecular weight is 251 g/mol. The Bertz CT molecular complexity index is 488. The van der Waals surface area contributed by atoms with Gasteiger partial charge in [0.25, 0.3) is 0 Å². The molecule has 2 N–H and O–H groups in total. The van der Waals surface area contributed by atoms with Gasteiger partial charge >= 0.3 is 0 Å². The third kappa shape index (κ3) is 2.53. The summed E-state index contributed by atoms with van der Waals surface area (Å²) in [4.78, 5) is 5.36. The van der Waals surface area contributed by atoms with Crippen LogP contribution >= 0.6 is 11.5 Å². The van der Waals surface area contributed by atoms with Crippen LogP contribution in [0.5, 0.6) is 0 Å². The zero-order valence-corrected chi connectivity index (χ0v) is 11.1. The topological polar surface area (TPSA) is 69.6 Å². The summed E-state index contributed by atoms with van der Waals surface area (Å²) in [5, 5.41) is 4.15. The van der Waals surface area contributed by atoms with Gasteiger partial charge in [-0.15, -0.1) is 5.10 Å². The Balaban J connectivity index is 2.17. The van der Waals surface area contributed by atoms with Crippen LogP contribution in [0.1, 0.15) is 42.2 Å². The van der Waals surface area contributed by atoms with Crippen molar-refractivity contribution in [2.75, 3.05) is 0 Å². The van der Waals surface area contributed by atoms with Crippen molar-refractivity contribution in [1.82, 2.24) is 19.1 Å². The number of nitrogens with zero attached hydrogens (tertiary/aromatic N) is 4. The van der Waals surface area contributed by atoms with E-state index in [9.17, 15) is 0 Å². The Kier molecular flexibility index (Phi) is 3.54. The first-order valence-electron chi connectivity index (χ1n) is 5.63. The van der Waals surface area contributed by atoms with Gasteiger partial charge in [0.05, 0.1) is 10.6 Å². The summed E-state index contributed by atoms with van der Waals surface area (Å²) in [6.45, 7) is 4.21. The molecule has 0 saturated heterocycles. The van der Waals surface area contributed by atoms with Gasteiger partial charge in [-0.25, -0.2) is 4.98 Å². The van der Waals surface area contributed by atoms with E-state index in [1.165, 1.54) is 11.5 Å². The highest BCUT2D eigenvalue weighted by Crippen LogP contribution is 2.26. The molecule has 6 heteroatoms. The number of rotatable bonds is 4. The molecular formula is C11H17N5S. The molecule has 1 unspecified atom stereocenters. The number of nitrogens with two attached hydrogens (primary N) is 1. The maximum absolute atomic E-state index is 6.22. The SMILES string of the molecule is CC(C)c1nnsc1C(N)Cc1nccn1C. The zero-order chi connectivity index (χ0) is 12.4. The van der Waals surface area contributed by atoms with Gasteiger partial charge in [-0.05, 0) is 17.5 Å². The fourth-order valence-corrected chi connectivity index (χ4v) is 2.55. The molecule has 0 radical (unpaired) electrons. The van der Waals surface area contributed by atoms with Crippen LogP contribution in [0.4, 0.5) is 0 Å². The second kappa shape index (κ2) is 4.93. The molecule has 0 amide bonds. The summed E-state index contributed by atoms with van der Waals surface area (Å²) in [7, 11) is 1.98. The van der Waals surface area contributed by atoms with E-state index in [0.29, 0.717) is 12.3 Å². The molecule has 5 nitrogen and oxygen atoms in total. The quantitative estimate of drug-likeness (QED) is 0.896. The first kappa shape index (κ1) is 12.2. The van der Waals surface area contributed by atoms with E-state index < -0.39 is 0 Å². The third-order valence-electron chi connectivity index (χ3n) is 2.75. The van der Waals surface area contributed by atoms with Gasteiger partial charge in [0, 0.05) is 31.9 Å². The molecule has 0 aliphatic carbocycles. The third-order valence-corrected chi connectivity index (χ3v) is 3.62. The highest BCUT2D eigenvalue weighted by atomic mass is 32.1. The summed E-state index contributed by atoms with van der Waals surface area (Å²) < 4.78 is 5.99. The normalized spacial score (nSPS) is 13.2. The molecule has 17 heavy (non-hydrogen) atoms. The first-order valence-corrected chi connectivity index (χ1v) is 6.41. The van der Waals surface area contributed by atoms with Gasteiger partial charge in [-0.3, -0.25) is 0 Å². The van der Waals surface area contributed by atoms with Crippen molar-refractivity contribution in [3.63, 3.8) is 0 Å². The van der Waals surface area contributed by atoms with Crippen LogP contribution in [0.2, 0.25) is 0 Å². The second-order valence-electron chi connectivity index (χ2n) is 4.44. The molecule has 0 aliphatic rings. The lowest BCUT2D eigenvalue weighted by molar-refractivity contribution is 0.652. The highest BCUT2D eigenvalue weighted by molar-refractivity contribution is 7.05. The minimum atomic E-state index is -0.0755. The van der Waals surface area contributed by atoms with Crippen LogP contribution in [0.3, 0.4) is 0 Å². The Labute approximate surface area is 105 Å². The Morgan fingerprint density at radius 1 is 1.47 bits per heavy atom. The summed E-state index contributed by atoms with van der Waals surface area (Å²) in [5.74, 6) is 1.34. The van der Waals surface area contributed by atoms with Gasteiger partial charge in [0.2, 0.25) is 0 Å². The lowest BCUT2D eigenvalue weighted by atomic mass is 10.0. The lowest BCUT2D eigenvalue weighted by Gasteiger charge is -2.11. The van der Waals surface area contributed by atoms with Crippen LogP contribution in [0.25, 0.3) is 0 Å². The summed E-state index contributed by atoms with van der Waals surface area (Å²) >= 11 is 1.39. The predicted octanol–water partition coefficient (Wildman–Crippen LogP) is 1.64. The van der Waals surface area contributed by atoms with Crippen LogP contribution < -0.4 is 5.73 Å². The van der Waals surface area contributed by atoms with Gasteiger partial charge < -0.3 is 10.3 Å². The molecule has 1 atom stereocenters. The molecule has 2 heterocycles. The van der Waals surface area contributed by atoms with Gasteiger partial charge in [-0.1, -0.05) is 18.3 Å². The van der Waals surface area contributed by atoms with Crippen molar-refractivity contribution in [3.8, 4) is 0 Å². The van der Waals surface area contributed by atoms with E-state index in [0.717, 1.165) is 16.4 Å². The van der Waals surface area contributed by atoms with Gasteiger partial charge in [-0.2, -0.15) is 0 Å². The molecular weight excluding hydrogens is 234 g/mol. The van der Waals surface area contributed by atoms with Crippen LogP contribution in [-0.2, 0) is 13.5 Å². The van der Waals surface area contributed by atoms with Crippen molar-refractivity contribution in [1.29, 1.82) is 0 Å². The molecule has 0 saturated carbocycles. The summed E-state index contributed by atoms with van der Waals surface area (Å²) in [6, 6.07) is -0.0755. The Hall–Kier alpha value is -1.27. The molecule has 2 aromatic rings. The fourth-order valence-electron chi connectivity index (χ4n) is 1.74. The van der Waals surface area contributed by atoms with Crippen molar-refractivity contribution in [2.45, 2.75) is 32.2 Å². The predicted molar refractivity (Wildman–Crippen MR) is 67.8 cm³/mol. The van der Waals surface area contributed by atoms with E-state index in [1.54, 1.807) is 6.20 Å². The maximum Gasteiger partial charge on any atom is 0.110 e. The molecule has 2 rings (SSSR count). The first-order chi connectivity index (χ1) is 8.09. The number of aryl methyl sites for hydroxylation is 1. The molecule has 0 aromatic carbocycles. The molecule has 0 aliphatic heterocycles. The lowest BCUT2D eigenvalue weighted by Crippen LogP contribution is -2.16. The standard InChI is InChI=1S/C11H17N5S/c1-7(2)10-11(17-15-14-10)8(12)6-9-13-4-5-16(9)3/h4-5,7-8H,6,12H2,1-3H3. The van der Waals surface area contributed by atoms with Gasteiger partial charge in [0.1, 0.15) is 5.82 Å². The van der Waals surface area contributed by atoms with Crippen LogP contribution in [0.15, 0.2) is 12.4 Å². The van der Waals surface area contributed by atoms with Gasteiger partial charge in [0.15, 0.2) is 0 Å². The fraction of sp³-hybridized carbons (Fsp3) is 0.545. The highest BCUT2D eigenvalue weighted by Gasteiger charge is 2.19. The zero-order valence-electron chi connectivity index (χ0n) is 10.3. The molecule has 0 bridgehead atoms. The minimum absolute atomic E-state index is 0.0755. The number of hydrogen-bond acceptors (Lipinski definition) is 5. The monoisotopic (exact) mass is 251 g/mol. The summed E-state index contributed by atoms with van der Waals surface area (Å²) in [5.41, 5.74) is 7.23. The molecule has 2 aromatic heterocycles. The van der Waals surface area contributed by atoms with E-state index in [1.807, 2.05) is 17.8 Å².